The first-order chi connectivity index (χ1) is 11.6. The Morgan fingerprint density at radius 3 is 2.48 bits per heavy atom. The van der Waals surface area contributed by atoms with Crippen LogP contribution in [0.4, 0.5) is 0 Å². The zero-order chi connectivity index (χ0) is 17.4. The van der Waals surface area contributed by atoms with Crippen molar-refractivity contribution in [3.63, 3.8) is 0 Å². The summed E-state index contributed by atoms with van der Waals surface area (Å²) in [4.78, 5) is 26.2. The van der Waals surface area contributed by atoms with E-state index in [9.17, 15) is 9.59 Å². The molecule has 5 nitrogen and oxygen atoms in total. The average molecular weight is 368 g/mol. The number of carbonyl (C=O) groups is 2. The number of halogens is 1. The smallest absolute Gasteiger partial charge is 0.237 e. The number of nitrogens with zero attached hydrogens (tertiary/aromatic N) is 1. The van der Waals surface area contributed by atoms with Crippen LogP contribution in [0.3, 0.4) is 0 Å². The zero-order valence-corrected chi connectivity index (χ0v) is 15.8. The van der Waals surface area contributed by atoms with Gasteiger partial charge >= 0.3 is 0 Å². The maximum atomic E-state index is 12.3. The van der Waals surface area contributed by atoms with Crippen LogP contribution in [0.25, 0.3) is 0 Å². The lowest BCUT2D eigenvalue weighted by molar-refractivity contribution is -0.132. The van der Waals surface area contributed by atoms with E-state index >= 15 is 0 Å². The van der Waals surface area contributed by atoms with Gasteiger partial charge in [0.1, 0.15) is 0 Å². The molecule has 1 saturated heterocycles. The highest BCUT2D eigenvalue weighted by molar-refractivity contribution is 5.85. The fraction of sp³-hybridized carbons (Fsp3) is 0.579. The lowest BCUT2D eigenvalue weighted by atomic mass is 10.0. The van der Waals surface area contributed by atoms with Crippen molar-refractivity contribution in [1.82, 2.24) is 10.2 Å². The van der Waals surface area contributed by atoms with Crippen molar-refractivity contribution in [1.29, 1.82) is 0 Å². The van der Waals surface area contributed by atoms with Crippen molar-refractivity contribution in [3.05, 3.63) is 35.9 Å². The van der Waals surface area contributed by atoms with E-state index in [1.54, 1.807) is 0 Å². The Bertz CT molecular complexity index is 531. The Hall–Kier alpha value is -1.59. The van der Waals surface area contributed by atoms with Crippen LogP contribution in [0.2, 0.25) is 0 Å². The fourth-order valence-corrected chi connectivity index (χ4v) is 3.08. The third-order valence-electron chi connectivity index (χ3n) is 4.60. The quantitative estimate of drug-likeness (QED) is 0.776. The van der Waals surface area contributed by atoms with Crippen LogP contribution in [0.1, 0.15) is 44.6 Å². The summed E-state index contributed by atoms with van der Waals surface area (Å²) < 4.78 is 0. The van der Waals surface area contributed by atoms with E-state index in [-0.39, 0.29) is 30.3 Å². The number of nitrogens with two attached hydrogens (primary N) is 1. The van der Waals surface area contributed by atoms with E-state index in [4.69, 9.17) is 5.73 Å². The molecule has 3 N–H and O–H groups in total. The molecule has 1 aliphatic rings. The van der Waals surface area contributed by atoms with Crippen LogP contribution in [0, 0.1) is 0 Å². The molecule has 2 amide bonds. The summed E-state index contributed by atoms with van der Waals surface area (Å²) >= 11 is 0. The summed E-state index contributed by atoms with van der Waals surface area (Å²) in [7, 11) is 0. The van der Waals surface area contributed by atoms with E-state index in [0.29, 0.717) is 25.9 Å². The van der Waals surface area contributed by atoms with E-state index in [0.717, 1.165) is 25.7 Å². The van der Waals surface area contributed by atoms with Crippen molar-refractivity contribution in [2.75, 3.05) is 13.1 Å². The molecule has 1 aliphatic heterocycles. The number of aryl methyl sites for hydroxylation is 1. The molecule has 0 spiro atoms. The summed E-state index contributed by atoms with van der Waals surface area (Å²) in [5.74, 6) is 0.136. The monoisotopic (exact) mass is 367 g/mol. The molecule has 6 heteroatoms. The second-order valence-electron chi connectivity index (χ2n) is 6.54. The molecule has 1 unspecified atom stereocenters. The highest BCUT2D eigenvalue weighted by Crippen LogP contribution is 2.13. The lowest BCUT2D eigenvalue weighted by Gasteiger charge is -2.33. The van der Waals surface area contributed by atoms with Gasteiger partial charge in [0, 0.05) is 25.6 Å². The van der Waals surface area contributed by atoms with Gasteiger partial charge in [-0.05, 0) is 31.2 Å². The number of piperidine rings is 1. The van der Waals surface area contributed by atoms with Gasteiger partial charge in [-0.1, -0.05) is 43.7 Å². The van der Waals surface area contributed by atoms with E-state index in [1.165, 1.54) is 5.56 Å². The van der Waals surface area contributed by atoms with Crippen LogP contribution >= 0.6 is 12.4 Å². The van der Waals surface area contributed by atoms with Gasteiger partial charge in [-0.25, -0.2) is 0 Å². The summed E-state index contributed by atoms with van der Waals surface area (Å²) in [6.45, 7) is 3.44. The number of hydrogen-bond donors (Lipinski definition) is 2. The molecule has 140 valence electrons. The third kappa shape index (κ3) is 7.04. The van der Waals surface area contributed by atoms with E-state index < -0.39 is 6.04 Å². The van der Waals surface area contributed by atoms with Gasteiger partial charge in [0.2, 0.25) is 11.8 Å². The van der Waals surface area contributed by atoms with Crippen LogP contribution in [0.15, 0.2) is 30.3 Å². The van der Waals surface area contributed by atoms with Gasteiger partial charge in [0.05, 0.1) is 6.04 Å². The van der Waals surface area contributed by atoms with Gasteiger partial charge in [-0.3, -0.25) is 9.59 Å². The predicted molar refractivity (Wildman–Crippen MR) is 103 cm³/mol. The molecule has 0 aliphatic carbocycles. The number of likely N-dealkylation sites (tertiary alicyclic amines) is 1. The zero-order valence-electron chi connectivity index (χ0n) is 14.9. The Kier molecular flexibility index (Phi) is 9.53. The minimum absolute atomic E-state index is 0. The molecular weight excluding hydrogens is 338 g/mol. The summed E-state index contributed by atoms with van der Waals surface area (Å²) in [5.41, 5.74) is 7.03. The SMILES string of the molecule is CCCC(N)C(=O)NC1CCN(C(=O)CCc2ccccc2)CC1.Cl. The lowest BCUT2D eigenvalue weighted by Crippen LogP contribution is -2.50. The van der Waals surface area contributed by atoms with Crippen LogP contribution in [0.5, 0.6) is 0 Å². The third-order valence-corrected chi connectivity index (χ3v) is 4.60. The molecule has 1 fully saturated rings. The maximum absolute atomic E-state index is 12.3. The number of amides is 2. The molecule has 0 aromatic heterocycles. The van der Waals surface area contributed by atoms with Gasteiger partial charge in [0.15, 0.2) is 0 Å². The molecule has 1 aromatic carbocycles. The van der Waals surface area contributed by atoms with Crippen molar-refractivity contribution >= 4 is 24.2 Å². The highest BCUT2D eigenvalue weighted by Gasteiger charge is 2.24. The summed E-state index contributed by atoms with van der Waals surface area (Å²) in [5, 5.41) is 3.02. The Morgan fingerprint density at radius 1 is 1.24 bits per heavy atom. The van der Waals surface area contributed by atoms with Crippen molar-refractivity contribution < 1.29 is 9.59 Å². The molecule has 0 radical (unpaired) electrons. The molecular formula is C19H30ClN3O2. The minimum Gasteiger partial charge on any atom is -0.352 e. The molecule has 1 atom stereocenters. The van der Waals surface area contributed by atoms with E-state index in [2.05, 4.69) is 17.4 Å². The first kappa shape index (κ1) is 21.5. The predicted octanol–water partition coefficient (Wildman–Crippen LogP) is 2.28. The van der Waals surface area contributed by atoms with Crippen molar-refractivity contribution in [2.24, 2.45) is 5.73 Å². The Labute approximate surface area is 156 Å². The van der Waals surface area contributed by atoms with Gasteiger partial charge in [0.25, 0.3) is 0 Å². The molecule has 25 heavy (non-hydrogen) atoms. The fourth-order valence-electron chi connectivity index (χ4n) is 3.08. The van der Waals surface area contributed by atoms with Gasteiger partial charge in [-0.2, -0.15) is 0 Å². The van der Waals surface area contributed by atoms with Crippen LogP contribution < -0.4 is 11.1 Å². The Balaban J connectivity index is 0.00000312. The number of benzene rings is 1. The largest absolute Gasteiger partial charge is 0.352 e. The topological polar surface area (TPSA) is 75.4 Å². The minimum atomic E-state index is -0.416. The van der Waals surface area contributed by atoms with Crippen molar-refractivity contribution in [2.45, 2.75) is 57.5 Å². The number of carbonyl (C=O) groups excluding carboxylic acids is 2. The first-order valence-corrected chi connectivity index (χ1v) is 8.97. The van der Waals surface area contributed by atoms with Gasteiger partial charge in [-0.15, -0.1) is 12.4 Å². The van der Waals surface area contributed by atoms with Crippen LogP contribution in [-0.4, -0.2) is 41.9 Å². The highest BCUT2D eigenvalue weighted by atomic mass is 35.5. The second kappa shape index (κ2) is 11.1. The molecule has 2 rings (SSSR count). The maximum Gasteiger partial charge on any atom is 0.237 e. The molecule has 0 bridgehead atoms. The van der Waals surface area contributed by atoms with Gasteiger partial charge < -0.3 is 16.0 Å². The number of nitrogens with one attached hydrogen (secondary N) is 1. The summed E-state index contributed by atoms with van der Waals surface area (Å²) in [6, 6.07) is 9.80. The Morgan fingerprint density at radius 2 is 1.88 bits per heavy atom. The molecule has 0 saturated carbocycles. The molecule has 1 heterocycles. The molecule has 1 aromatic rings. The van der Waals surface area contributed by atoms with Crippen molar-refractivity contribution in [3.8, 4) is 0 Å². The van der Waals surface area contributed by atoms with Crippen LogP contribution in [-0.2, 0) is 16.0 Å². The van der Waals surface area contributed by atoms with E-state index in [1.807, 2.05) is 30.0 Å². The number of rotatable bonds is 7. The normalized spacial score (nSPS) is 16.0. The number of hydrogen-bond acceptors (Lipinski definition) is 3. The second-order valence-corrected chi connectivity index (χ2v) is 6.54. The first-order valence-electron chi connectivity index (χ1n) is 8.97. The average Bonchev–Trinajstić information content (AvgIpc) is 2.61. The summed E-state index contributed by atoms with van der Waals surface area (Å²) in [6.07, 6.45) is 4.56. The standard InChI is InChI=1S/C19H29N3O2.ClH/c1-2-6-17(20)19(24)21-16-11-13-22(14-12-16)18(23)10-9-15-7-4-3-5-8-15;/h3-5,7-8,16-17H,2,6,9-14,20H2,1H3,(H,21,24);1H.